The highest BCUT2D eigenvalue weighted by Gasteiger charge is 2.30. The van der Waals surface area contributed by atoms with Crippen molar-refractivity contribution in [3.05, 3.63) is 0 Å². The fraction of sp³-hybridized carbons (Fsp3) is 1.00. The predicted molar refractivity (Wildman–Crippen MR) is 41.8 cm³/mol. The van der Waals surface area contributed by atoms with Crippen molar-refractivity contribution in [2.75, 3.05) is 0 Å². The van der Waals surface area contributed by atoms with Gasteiger partial charge in [-0.2, -0.15) is 0 Å². The second-order valence-electron chi connectivity index (χ2n) is 3.64. The van der Waals surface area contributed by atoms with E-state index in [1.165, 1.54) is 32.1 Å². The molecule has 3 N–H and O–H groups in total. The molecule has 0 amide bonds. The summed E-state index contributed by atoms with van der Waals surface area (Å²) in [6.07, 6.45) is 6.58. The lowest BCUT2D eigenvalue weighted by Gasteiger charge is -2.16. The summed E-state index contributed by atoms with van der Waals surface area (Å²) < 4.78 is 0. The first kappa shape index (κ1) is 6.62. The number of rotatable bonds is 0. The molecule has 58 valence electrons. The van der Waals surface area contributed by atoms with E-state index in [0.717, 1.165) is 6.04 Å². The first-order chi connectivity index (χ1) is 4.86. The van der Waals surface area contributed by atoms with E-state index in [0.29, 0.717) is 12.1 Å². The molecule has 2 bridgehead atoms. The Labute approximate surface area is 62.2 Å². The molecule has 2 nitrogen and oxygen atoms in total. The van der Waals surface area contributed by atoms with E-state index >= 15 is 0 Å². The van der Waals surface area contributed by atoms with Gasteiger partial charge in [0.15, 0.2) is 0 Å². The van der Waals surface area contributed by atoms with Crippen molar-refractivity contribution in [2.24, 2.45) is 5.73 Å². The normalized spacial score (nSPS) is 47.1. The summed E-state index contributed by atoms with van der Waals surface area (Å²) in [5.74, 6) is 0. The van der Waals surface area contributed by atoms with E-state index in [4.69, 9.17) is 5.73 Å². The van der Waals surface area contributed by atoms with Crippen LogP contribution in [0.3, 0.4) is 0 Å². The summed E-state index contributed by atoms with van der Waals surface area (Å²) in [5, 5.41) is 3.58. The van der Waals surface area contributed by atoms with Gasteiger partial charge in [-0.3, -0.25) is 0 Å². The van der Waals surface area contributed by atoms with E-state index in [-0.39, 0.29) is 0 Å². The average Bonchev–Trinajstić information content (AvgIpc) is 2.27. The van der Waals surface area contributed by atoms with Crippen LogP contribution in [0.15, 0.2) is 0 Å². The van der Waals surface area contributed by atoms with Crippen LogP contribution in [0, 0.1) is 0 Å². The van der Waals surface area contributed by atoms with Gasteiger partial charge in [0.25, 0.3) is 0 Å². The number of hydrogen-bond acceptors (Lipinski definition) is 2. The number of nitrogens with one attached hydrogen (secondary N) is 1. The molecule has 10 heavy (non-hydrogen) atoms. The molecule has 2 heteroatoms. The van der Waals surface area contributed by atoms with Crippen LogP contribution < -0.4 is 11.1 Å². The van der Waals surface area contributed by atoms with Crippen molar-refractivity contribution < 1.29 is 0 Å². The molecule has 3 atom stereocenters. The first-order valence-corrected chi connectivity index (χ1v) is 4.38. The molecular weight excluding hydrogens is 124 g/mol. The van der Waals surface area contributed by atoms with Crippen molar-refractivity contribution in [1.29, 1.82) is 0 Å². The minimum atomic E-state index is 0.437. The second kappa shape index (κ2) is 2.51. The Hall–Kier alpha value is -0.0800. The summed E-state index contributed by atoms with van der Waals surface area (Å²) in [6.45, 7) is 0. The van der Waals surface area contributed by atoms with Gasteiger partial charge in [0.1, 0.15) is 0 Å². The van der Waals surface area contributed by atoms with Crippen LogP contribution in [0.5, 0.6) is 0 Å². The van der Waals surface area contributed by atoms with Gasteiger partial charge in [-0.15, -0.1) is 0 Å². The van der Waals surface area contributed by atoms with Gasteiger partial charge < -0.3 is 11.1 Å². The highest BCUT2D eigenvalue weighted by atomic mass is 15.0. The van der Waals surface area contributed by atoms with Crippen LogP contribution in [0.1, 0.15) is 32.1 Å². The highest BCUT2D eigenvalue weighted by molar-refractivity contribution is 4.92. The lowest BCUT2D eigenvalue weighted by molar-refractivity contribution is 0.471. The first-order valence-electron chi connectivity index (χ1n) is 4.38. The molecule has 2 rings (SSSR count). The monoisotopic (exact) mass is 140 g/mol. The molecule has 0 aromatic rings. The number of fused-ring (bicyclic) bond motifs is 2. The quantitative estimate of drug-likeness (QED) is 0.517. The summed E-state index contributed by atoms with van der Waals surface area (Å²) in [4.78, 5) is 0. The zero-order chi connectivity index (χ0) is 6.97. The van der Waals surface area contributed by atoms with Crippen LogP contribution in [-0.4, -0.2) is 18.1 Å². The lowest BCUT2D eigenvalue weighted by Crippen LogP contribution is -2.41. The van der Waals surface area contributed by atoms with Crippen LogP contribution in [-0.2, 0) is 0 Å². The van der Waals surface area contributed by atoms with Gasteiger partial charge in [-0.25, -0.2) is 0 Å². The largest absolute Gasteiger partial charge is 0.326 e. The third-order valence-corrected chi connectivity index (χ3v) is 2.88. The second-order valence-corrected chi connectivity index (χ2v) is 3.64. The molecule has 2 aliphatic heterocycles. The van der Waals surface area contributed by atoms with E-state index in [9.17, 15) is 0 Å². The minimum Gasteiger partial charge on any atom is -0.326 e. The smallest absolute Gasteiger partial charge is 0.0222 e. The topological polar surface area (TPSA) is 38.0 Å². The van der Waals surface area contributed by atoms with Crippen molar-refractivity contribution in [2.45, 2.75) is 50.2 Å². The Morgan fingerprint density at radius 2 is 2.00 bits per heavy atom. The molecule has 0 saturated carbocycles. The van der Waals surface area contributed by atoms with Gasteiger partial charge in [0, 0.05) is 18.1 Å². The Morgan fingerprint density at radius 1 is 1.10 bits per heavy atom. The summed E-state index contributed by atoms with van der Waals surface area (Å²) in [6, 6.07) is 1.89. The van der Waals surface area contributed by atoms with Gasteiger partial charge in [-0.1, -0.05) is 6.42 Å². The molecule has 0 aromatic carbocycles. The Kier molecular flexibility index (Phi) is 1.66. The van der Waals surface area contributed by atoms with Gasteiger partial charge >= 0.3 is 0 Å². The standard InChI is InChI=1S/C8H16N2/c9-7-3-1-2-6-4-5-8(7)10-6/h6-8,10H,1-5,9H2. The van der Waals surface area contributed by atoms with Gasteiger partial charge in [0.2, 0.25) is 0 Å². The number of nitrogens with two attached hydrogens (primary N) is 1. The zero-order valence-corrected chi connectivity index (χ0v) is 6.34. The van der Waals surface area contributed by atoms with E-state index in [1.54, 1.807) is 0 Å². The van der Waals surface area contributed by atoms with Crippen molar-refractivity contribution in [1.82, 2.24) is 5.32 Å². The molecule has 0 aliphatic carbocycles. The molecule has 0 radical (unpaired) electrons. The third-order valence-electron chi connectivity index (χ3n) is 2.88. The van der Waals surface area contributed by atoms with Crippen molar-refractivity contribution >= 4 is 0 Å². The molecule has 2 heterocycles. The molecule has 0 spiro atoms. The maximum absolute atomic E-state index is 5.95. The van der Waals surface area contributed by atoms with Gasteiger partial charge in [-0.05, 0) is 25.7 Å². The fourth-order valence-electron chi connectivity index (χ4n) is 2.22. The van der Waals surface area contributed by atoms with E-state index < -0.39 is 0 Å². The molecule has 2 aliphatic rings. The maximum Gasteiger partial charge on any atom is 0.0222 e. The van der Waals surface area contributed by atoms with Crippen LogP contribution >= 0.6 is 0 Å². The Balaban J connectivity index is 2.03. The summed E-state index contributed by atoms with van der Waals surface area (Å²) >= 11 is 0. The Bertz CT molecular complexity index is 124. The van der Waals surface area contributed by atoms with Crippen molar-refractivity contribution in [3.63, 3.8) is 0 Å². The van der Waals surface area contributed by atoms with Crippen LogP contribution in [0.25, 0.3) is 0 Å². The zero-order valence-electron chi connectivity index (χ0n) is 6.34. The maximum atomic E-state index is 5.95. The van der Waals surface area contributed by atoms with Crippen LogP contribution in [0.2, 0.25) is 0 Å². The molecule has 2 fully saturated rings. The number of hydrogen-bond donors (Lipinski definition) is 2. The minimum absolute atomic E-state index is 0.437. The van der Waals surface area contributed by atoms with Gasteiger partial charge in [0.05, 0.1) is 0 Å². The molecule has 3 unspecified atom stereocenters. The van der Waals surface area contributed by atoms with E-state index in [2.05, 4.69) is 5.32 Å². The Morgan fingerprint density at radius 3 is 2.90 bits per heavy atom. The molecular formula is C8H16N2. The van der Waals surface area contributed by atoms with Crippen LogP contribution in [0.4, 0.5) is 0 Å². The lowest BCUT2D eigenvalue weighted by atomic mass is 9.97. The highest BCUT2D eigenvalue weighted by Crippen LogP contribution is 2.24. The fourth-order valence-corrected chi connectivity index (χ4v) is 2.22. The molecule has 0 aromatic heterocycles. The summed E-state index contributed by atoms with van der Waals surface area (Å²) in [5.41, 5.74) is 5.95. The predicted octanol–water partition coefficient (Wildman–Crippen LogP) is 0.618. The molecule has 2 saturated heterocycles. The average molecular weight is 140 g/mol. The van der Waals surface area contributed by atoms with E-state index in [1.807, 2.05) is 0 Å². The third kappa shape index (κ3) is 1.06. The van der Waals surface area contributed by atoms with Crippen molar-refractivity contribution in [3.8, 4) is 0 Å². The summed E-state index contributed by atoms with van der Waals surface area (Å²) in [7, 11) is 0. The SMILES string of the molecule is NC1CCCC2CCC1N2.